The van der Waals surface area contributed by atoms with E-state index in [4.69, 9.17) is 5.73 Å². The van der Waals surface area contributed by atoms with E-state index in [9.17, 15) is 4.79 Å². The number of nitrogens with zero attached hydrogens (tertiary/aromatic N) is 3. The monoisotopic (exact) mass is 311 g/mol. The van der Waals surface area contributed by atoms with Crippen molar-refractivity contribution in [2.45, 2.75) is 27.7 Å². The van der Waals surface area contributed by atoms with Gasteiger partial charge in [-0.15, -0.1) is 0 Å². The molecule has 0 spiro atoms. The number of carbonyl (C=O) groups is 1. The maximum atomic E-state index is 11.0. The summed E-state index contributed by atoms with van der Waals surface area (Å²) in [5.41, 5.74) is 5.58. The normalized spacial score (nSPS) is 13.4. The summed E-state index contributed by atoms with van der Waals surface area (Å²) < 4.78 is 7.78. The van der Waals surface area contributed by atoms with Crippen LogP contribution < -0.4 is 27.5 Å². The van der Waals surface area contributed by atoms with Crippen LogP contribution in [0.15, 0.2) is 11.6 Å². The summed E-state index contributed by atoms with van der Waals surface area (Å²) in [5.74, 6) is 0.497. The number of hydrogen-bond donors (Lipinski definition) is 1. The van der Waals surface area contributed by atoms with Crippen molar-refractivity contribution in [1.29, 1.82) is 0 Å². The molecule has 0 aromatic rings. The molecule has 0 aliphatic heterocycles. The topological polar surface area (TPSA) is 80.2 Å². The van der Waals surface area contributed by atoms with E-state index in [2.05, 4.69) is 11.6 Å². The molecule has 2 N–H and O–H groups in total. The van der Waals surface area contributed by atoms with E-state index in [1.807, 2.05) is 13.8 Å². The molecule has 0 atom stereocenters. The van der Waals surface area contributed by atoms with Crippen molar-refractivity contribution in [3.8, 4) is 0 Å². The zero-order valence-electron chi connectivity index (χ0n) is 8.86. The van der Waals surface area contributed by atoms with Crippen LogP contribution in [-0.2, 0) is 4.79 Å². The Hall–Kier alpha value is -0.530. The number of halogens is 1. The Labute approximate surface area is 95.2 Å². The molecule has 0 aromatic heterocycles. The summed E-state index contributed by atoms with van der Waals surface area (Å²) in [4.78, 5) is 11.0. The fraction of sp³-hybridized carbons (Fsp3) is 0.750. The molecule has 1 amide bonds. The van der Waals surface area contributed by atoms with Crippen LogP contribution in [0.4, 0.5) is 0 Å². The van der Waals surface area contributed by atoms with Gasteiger partial charge in [-0.3, -0.25) is 0 Å². The van der Waals surface area contributed by atoms with Gasteiger partial charge in [-0.25, -0.2) is 0 Å². The minimum absolute atomic E-state index is 0.103. The molecule has 0 rings (SSSR count). The van der Waals surface area contributed by atoms with Crippen LogP contribution >= 0.6 is 0 Å². The molecule has 14 heavy (non-hydrogen) atoms. The third-order valence-electron chi connectivity index (χ3n) is 1.39. The zero-order chi connectivity index (χ0) is 11.1. The van der Waals surface area contributed by atoms with Gasteiger partial charge < -0.3 is 0 Å². The molecule has 5 nitrogen and oxygen atoms in total. The second-order valence-electron chi connectivity index (χ2n) is 3.41. The molecule has 0 aliphatic carbocycles. The van der Waals surface area contributed by atoms with E-state index in [0.717, 1.165) is 0 Å². The van der Waals surface area contributed by atoms with Crippen LogP contribution in [0.2, 0.25) is 0 Å². The van der Waals surface area contributed by atoms with Crippen LogP contribution in [0.25, 0.3) is 0 Å². The molecular formula is C8H16IN4O-. The van der Waals surface area contributed by atoms with Gasteiger partial charge >= 0.3 is 95.2 Å². The van der Waals surface area contributed by atoms with Crippen LogP contribution in [0.1, 0.15) is 27.7 Å². The Morgan fingerprint density at radius 2 is 1.79 bits per heavy atom. The summed E-state index contributed by atoms with van der Waals surface area (Å²) in [6, 6.07) is 0. The van der Waals surface area contributed by atoms with Crippen LogP contribution in [0.3, 0.4) is 0 Å². The first-order valence-electron chi connectivity index (χ1n) is 4.36. The average Bonchev–Trinajstić information content (AvgIpc) is 2.11. The van der Waals surface area contributed by atoms with Crippen molar-refractivity contribution in [2.75, 3.05) is 0 Å². The molecule has 0 bridgehead atoms. The van der Waals surface area contributed by atoms with Crippen LogP contribution in [0.5, 0.6) is 0 Å². The first kappa shape index (κ1) is 13.5. The van der Waals surface area contributed by atoms with Gasteiger partial charge in [0.05, 0.1) is 0 Å². The zero-order valence-corrected chi connectivity index (χ0v) is 11.0. The Bertz CT molecular complexity index is 248. The molecule has 0 aromatic carbocycles. The fourth-order valence-corrected chi connectivity index (χ4v) is 1.54. The molecule has 0 aliphatic rings. The Kier molecular flexibility index (Phi) is 6.60. The molecule has 0 fully saturated rings. The number of amidine groups is 1. The predicted octanol–water partition coefficient (Wildman–Crippen LogP) is -1.45. The molecular weight excluding hydrogens is 295 g/mol. The van der Waals surface area contributed by atoms with Gasteiger partial charge in [0.1, 0.15) is 0 Å². The first-order chi connectivity index (χ1) is 6.45. The maximum absolute atomic E-state index is 11.0. The van der Waals surface area contributed by atoms with Gasteiger partial charge in [0, 0.05) is 0 Å². The fourth-order valence-electron chi connectivity index (χ4n) is 0.328. The summed E-state index contributed by atoms with van der Waals surface area (Å²) in [6.07, 6.45) is 0. The SMILES string of the molecule is CC(C)C(=O)N=N[I-]N=C(N)C(C)C. The minimum atomic E-state index is -0.808. The van der Waals surface area contributed by atoms with E-state index >= 15 is 0 Å². The number of nitrogens with two attached hydrogens (primary N) is 1. The Morgan fingerprint density at radius 1 is 1.21 bits per heavy atom. The van der Waals surface area contributed by atoms with Gasteiger partial charge in [-0.05, 0) is 0 Å². The van der Waals surface area contributed by atoms with Crippen molar-refractivity contribution in [2.24, 2.45) is 29.2 Å². The van der Waals surface area contributed by atoms with E-state index in [0.29, 0.717) is 5.84 Å². The summed E-state index contributed by atoms with van der Waals surface area (Å²) in [5, 5.41) is 3.53. The van der Waals surface area contributed by atoms with E-state index < -0.39 is 21.8 Å². The standard InChI is InChI=1S/C8H16IN4O/c1-5(2)7(10)11-9-13-12-8(14)6(3)4/h5-6H,1-4H3,(H2,10,11)/q-1. The van der Waals surface area contributed by atoms with Crippen molar-refractivity contribution < 1.29 is 26.5 Å². The van der Waals surface area contributed by atoms with Crippen molar-refractivity contribution in [3.05, 3.63) is 0 Å². The molecule has 0 saturated heterocycles. The quantitative estimate of drug-likeness (QED) is 0.298. The van der Waals surface area contributed by atoms with Crippen molar-refractivity contribution >= 4 is 11.7 Å². The van der Waals surface area contributed by atoms with Gasteiger partial charge in [0.15, 0.2) is 0 Å². The summed E-state index contributed by atoms with van der Waals surface area (Å²) >= 11 is -0.808. The molecule has 0 saturated carbocycles. The number of amides is 1. The Morgan fingerprint density at radius 3 is 2.21 bits per heavy atom. The third kappa shape index (κ3) is 6.01. The predicted molar refractivity (Wildman–Crippen MR) is 51.2 cm³/mol. The second kappa shape index (κ2) is 6.86. The molecule has 6 heteroatoms. The summed E-state index contributed by atoms with van der Waals surface area (Å²) in [6.45, 7) is 7.48. The number of rotatable bonds is 4. The molecule has 82 valence electrons. The Balaban J connectivity index is 3.96. The van der Waals surface area contributed by atoms with E-state index in [-0.39, 0.29) is 17.7 Å². The van der Waals surface area contributed by atoms with Gasteiger partial charge in [0.2, 0.25) is 0 Å². The number of hydrogen-bond acceptors (Lipinski definition) is 3. The van der Waals surface area contributed by atoms with Crippen molar-refractivity contribution in [1.82, 2.24) is 0 Å². The molecule has 0 radical (unpaired) electrons. The van der Waals surface area contributed by atoms with Crippen molar-refractivity contribution in [3.63, 3.8) is 0 Å². The average molecular weight is 311 g/mol. The first-order valence-corrected chi connectivity index (χ1v) is 6.29. The third-order valence-corrected chi connectivity index (χ3v) is 2.57. The van der Waals surface area contributed by atoms with Crippen LogP contribution in [0, 0.1) is 11.8 Å². The van der Waals surface area contributed by atoms with E-state index in [1.54, 1.807) is 13.8 Å². The molecule has 0 unspecified atom stereocenters. The second-order valence-corrected chi connectivity index (χ2v) is 4.75. The molecule has 0 heterocycles. The summed E-state index contributed by atoms with van der Waals surface area (Å²) in [7, 11) is 0. The van der Waals surface area contributed by atoms with E-state index in [1.165, 1.54) is 0 Å². The van der Waals surface area contributed by atoms with Gasteiger partial charge in [0.25, 0.3) is 0 Å². The number of carbonyl (C=O) groups excluding carboxylic acids is 1. The van der Waals surface area contributed by atoms with Gasteiger partial charge in [-0.1, -0.05) is 0 Å². The van der Waals surface area contributed by atoms with Crippen LogP contribution in [-0.4, -0.2) is 11.7 Å². The van der Waals surface area contributed by atoms with Gasteiger partial charge in [-0.2, -0.15) is 0 Å².